The molecule has 136 valence electrons. The lowest BCUT2D eigenvalue weighted by atomic mass is 9.87. The molecule has 3 rings (SSSR count). The number of pyridine rings is 1. The predicted molar refractivity (Wildman–Crippen MR) is 110 cm³/mol. The minimum Gasteiger partial charge on any atom is -0.457 e. The fraction of sp³-hybridized carbons (Fsp3) is 0.348. The van der Waals surface area contributed by atoms with Crippen LogP contribution in [0.25, 0.3) is 10.9 Å². The van der Waals surface area contributed by atoms with Crippen LogP contribution >= 0.6 is 0 Å². The van der Waals surface area contributed by atoms with Gasteiger partial charge in [0.1, 0.15) is 11.5 Å². The van der Waals surface area contributed by atoms with E-state index in [2.05, 4.69) is 46.8 Å². The van der Waals surface area contributed by atoms with Crippen LogP contribution in [0.3, 0.4) is 0 Å². The topological polar surface area (TPSA) is 48.1 Å². The molecule has 2 N–H and O–H groups in total. The van der Waals surface area contributed by atoms with Crippen LogP contribution < -0.4 is 10.5 Å². The van der Waals surface area contributed by atoms with Crippen molar-refractivity contribution in [2.75, 3.05) is 5.73 Å². The highest BCUT2D eigenvalue weighted by Crippen LogP contribution is 2.32. The van der Waals surface area contributed by atoms with Gasteiger partial charge < -0.3 is 10.5 Å². The number of nitrogens with zero attached hydrogens (tertiary/aromatic N) is 1. The first kappa shape index (κ1) is 18.2. The summed E-state index contributed by atoms with van der Waals surface area (Å²) in [6.45, 7) is 10.9. The van der Waals surface area contributed by atoms with Crippen LogP contribution in [-0.2, 0) is 18.3 Å². The van der Waals surface area contributed by atoms with Crippen molar-refractivity contribution in [3.05, 3.63) is 59.3 Å². The Morgan fingerprint density at radius 2 is 1.58 bits per heavy atom. The van der Waals surface area contributed by atoms with E-state index < -0.39 is 0 Å². The molecule has 0 saturated heterocycles. The first-order valence-electron chi connectivity index (χ1n) is 9.32. The molecule has 26 heavy (non-hydrogen) atoms. The number of anilines is 1. The van der Waals surface area contributed by atoms with E-state index in [4.69, 9.17) is 15.5 Å². The van der Waals surface area contributed by atoms with Crippen LogP contribution in [0.5, 0.6) is 11.5 Å². The second-order valence-electron chi connectivity index (χ2n) is 7.71. The van der Waals surface area contributed by atoms with Gasteiger partial charge in [0.15, 0.2) is 0 Å². The second kappa shape index (κ2) is 6.99. The van der Waals surface area contributed by atoms with Crippen LogP contribution in [0, 0.1) is 0 Å². The van der Waals surface area contributed by atoms with Gasteiger partial charge in [-0.25, -0.2) is 0 Å². The number of aryl methyl sites for hydroxylation is 1. The van der Waals surface area contributed by atoms with Gasteiger partial charge in [-0.1, -0.05) is 46.8 Å². The maximum atomic E-state index is 6.44. The third-order valence-electron chi connectivity index (χ3n) is 4.83. The van der Waals surface area contributed by atoms with Gasteiger partial charge in [-0.2, -0.15) is 0 Å². The van der Waals surface area contributed by atoms with Crippen LogP contribution in [0.1, 0.15) is 51.4 Å². The molecule has 1 heterocycles. The van der Waals surface area contributed by atoms with Crippen molar-refractivity contribution < 1.29 is 4.74 Å². The molecule has 0 atom stereocenters. The number of nitrogens with two attached hydrogens (primary N) is 1. The molecule has 0 bridgehead atoms. The maximum absolute atomic E-state index is 6.44. The number of benzene rings is 2. The zero-order valence-corrected chi connectivity index (χ0v) is 16.4. The number of nitrogen functional groups attached to an aromatic ring is 1. The first-order valence-corrected chi connectivity index (χ1v) is 9.32. The summed E-state index contributed by atoms with van der Waals surface area (Å²) < 4.78 is 6.06. The van der Waals surface area contributed by atoms with E-state index >= 15 is 0 Å². The zero-order chi connectivity index (χ0) is 18.9. The summed E-state index contributed by atoms with van der Waals surface area (Å²) in [5, 5.41) is 0.961. The summed E-state index contributed by atoms with van der Waals surface area (Å²) >= 11 is 0. The van der Waals surface area contributed by atoms with Gasteiger partial charge in [-0.05, 0) is 59.7 Å². The second-order valence-corrected chi connectivity index (χ2v) is 7.71. The molecule has 0 spiro atoms. The molecule has 0 saturated carbocycles. The van der Waals surface area contributed by atoms with E-state index in [1.807, 2.05) is 30.3 Å². The van der Waals surface area contributed by atoms with Gasteiger partial charge in [0.05, 0.1) is 5.52 Å². The smallest absolute Gasteiger partial charge is 0.128 e. The Bertz CT molecular complexity index is 922. The Labute approximate surface area is 156 Å². The van der Waals surface area contributed by atoms with E-state index in [0.717, 1.165) is 52.2 Å². The monoisotopic (exact) mass is 348 g/mol. The summed E-state index contributed by atoms with van der Waals surface area (Å²) in [6, 6.07) is 14.2. The van der Waals surface area contributed by atoms with Crippen molar-refractivity contribution in [2.24, 2.45) is 0 Å². The lowest BCUT2D eigenvalue weighted by molar-refractivity contribution is 0.482. The Kier molecular flexibility index (Phi) is 4.90. The summed E-state index contributed by atoms with van der Waals surface area (Å²) in [4.78, 5) is 4.78. The van der Waals surface area contributed by atoms with E-state index in [-0.39, 0.29) is 5.41 Å². The van der Waals surface area contributed by atoms with Gasteiger partial charge in [0.25, 0.3) is 0 Å². The lowest BCUT2D eigenvalue weighted by Gasteiger charge is -2.19. The molecule has 0 unspecified atom stereocenters. The van der Waals surface area contributed by atoms with Gasteiger partial charge in [-0.15, -0.1) is 0 Å². The van der Waals surface area contributed by atoms with Crippen LogP contribution in [-0.4, -0.2) is 4.98 Å². The number of ether oxygens (including phenoxy) is 1. The van der Waals surface area contributed by atoms with Crippen LogP contribution in [0.4, 0.5) is 5.69 Å². The Balaban J connectivity index is 1.95. The largest absolute Gasteiger partial charge is 0.457 e. The van der Waals surface area contributed by atoms with Crippen molar-refractivity contribution >= 4 is 16.6 Å². The molecule has 0 aliphatic carbocycles. The summed E-state index contributed by atoms with van der Waals surface area (Å²) in [6.07, 6.45) is 1.78. The van der Waals surface area contributed by atoms with E-state index in [1.165, 1.54) is 5.56 Å². The minimum atomic E-state index is 0.134. The number of aromatic nitrogens is 1. The molecule has 0 aliphatic rings. The van der Waals surface area contributed by atoms with Crippen LogP contribution in [0.15, 0.2) is 42.5 Å². The quantitative estimate of drug-likeness (QED) is 0.626. The maximum Gasteiger partial charge on any atom is 0.128 e. The number of rotatable bonds is 4. The van der Waals surface area contributed by atoms with Crippen molar-refractivity contribution in [1.82, 2.24) is 4.98 Å². The standard InChI is InChI=1S/C23H28N2O/c1-6-18-20(7-2)25-21-13-12-17(14-19(21)22(18)24)26-16-10-8-15(9-11-16)23(3,4)5/h8-14H,6-7H2,1-5H3,(H2,24,25). The third-order valence-corrected chi connectivity index (χ3v) is 4.83. The van der Waals surface area contributed by atoms with Crippen molar-refractivity contribution in [1.29, 1.82) is 0 Å². The Hall–Kier alpha value is -2.55. The van der Waals surface area contributed by atoms with Crippen molar-refractivity contribution in [3.63, 3.8) is 0 Å². The fourth-order valence-corrected chi connectivity index (χ4v) is 3.27. The highest BCUT2D eigenvalue weighted by atomic mass is 16.5. The molecule has 0 amide bonds. The van der Waals surface area contributed by atoms with Gasteiger partial charge in [0, 0.05) is 16.8 Å². The molecule has 0 radical (unpaired) electrons. The summed E-state index contributed by atoms with van der Waals surface area (Å²) in [7, 11) is 0. The van der Waals surface area contributed by atoms with Gasteiger partial charge in [-0.3, -0.25) is 4.98 Å². The third kappa shape index (κ3) is 3.52. The number of hydrogen-bond donors (Lipinski definition) is 1. The SMILES string of the molecule is CCc1nc2ccc(Oc3ccc(C(C)(C)C)cc3)cc2c(N)c1CC. The first-order chi connectivity index (χ1) is 12.3. The Morgan fingerprint density at radius 1 is 0.923 bits per heavy atom. The van der Waals surface area contributed by atoms with E-state index in [9.17, 15) is 0 Å². The van der Waals surface area contributed by atoms with E-state index in [1.54, 1.807) is 0 Å². The molecule has 3 aromatic rings. The predicted octanol–water partition coefficient (Wildman–Crippen LogP) is 6.03. The molecule has 0 fully saturated rings. The zero-order valence-electron chi connectivity index (χ0n) is 16.4. The number of hydrogen-bond acceptors (Lipinski definition) is 3. The normalized spacial score (nSPS) is 11.7. The molecular formula is C23H28N2O. The average Bonchev–Trinajstić information content (AvgIpc) is 2.61. The summed E-state index contributed by atoms with van der Waals surface area (Å²) in [5.41, 5.74) is 11.8. The van der Waals surface area contributed by atoms with Crippen molar-refractivity contribution in [2.45, 2.75) is 52.9 Å². The fourth-order valence-electron chi connectivity index (χ4n) is 3.27. The lowest BCUT2D eigenvalue weighted by Crippen LogP contribution is -2.10. The average molecular weight is 348 g/mol. The minimum absolute atomic E-state index is 0.134. The van der Waals surface area contributed by atoms with E-state index in [0.29, 0.717) is 0 Å². The van der Waals surface area contributed by atoms with Crippen LogP contribution in [0.2, 0.25) is 0 Å². The molecule has 0 aliphatic heterocycles. The molecule has 3 nitrogen and oxygen atoms in total. The number of fused-ring (bicyclic) bond motifs is 1. The Morgan fingerprint density at radius 3 is 2.15 bits per heavy atom. The highest BCUT2D eigenvalue weighted by molar-refractivity contribution is 5.93. The van der Waals surface area contributed by atoms with Gasteiger partial charge >= 0.3 is 0 Å². The molecule has 2 aromatic carbocycles. The molecule has 3 heteroatoms. The summed E-state index contributed by atoms with van der Waals surface area (Å²) in [5.74, 6) is 1.60. The highest BCUT2D eigenvalue weighted by Gasteiger charge is 2.14. The molecular weight excluding hydrogens is 320 g/mol. The molecule has 1 aromatic heterocycles. The van der Waals surface area contributed by atoms with Gasteiger partial charge in [0.2, 0.25) is 0 Å². The van der Waals surface area contributed by atoms with Crippen molar-refractivity contribution in [3.8, 4) is 11.5 Å².